The van der Waals surface area contributed by atoms with Crippen LogP contribution in [0.2, 0.25) is 5.02 Å². The molecule has 0 bridgehead atoms. The van der Waals surface area contributed by atoms with E-state index in [1.807, 2.05) is 19.1 Å². The molecule has 2 aromatic rings. The predicted molar refractivity (Wildman–Crippen MR) is 175 cm³/mol. The minimum Gasteiger partial charge on any atom is -0.489 e. The average Bonchev–Trinajstić information content (AvgIpc) is 3.12. The van der Waals surface area contributed by atoms with Crippen LogP contribution in [0, 0.1) is 29.5 Å². The highest BCUT2D eigenvalue weighted by molar-refractivity contribution is 7.89. The van der Waals surface area contributed by atoms with E-state index < -0.39 is 44.5 Å². The first kappa shape index (κ1) is 33.7. The quantitative estimate of drug-likeness (QED) is 0.266. The Hall–Kier alpha value is -3.22. The number of allylic oxidation sites excluding steroid dienone is 1. The van der Waals surface area contributed by atoms with Crippen molar-refractivity contribution in [2.45, 2.75) is 76.1 Å². The second-order valence-electron chi connectivity index (χ2n) is 13.8. The van der Waals surface area contributed by atoms with Gasteiger partial charge in [-0.15, -0.1) is 0 Å². The second kappa shape index (κ2) is 12.7. The maximum atomic E-state index is 15.3. The van der Waals surface area contributed by atoms with E-state index in [9.17, 15) is 23.1 Å². The van der Waals surface area contributed by atoms with Gasteiger partial charge >= 0.3 is 11.9 Å². The zero-order chi connectivity index (χ0) is 33.8. The lowest BCUT2D eigenvalue weighted by atomic mass is 9.64. The molecule has 10 nitrogen and oxygen atoms in total. The number of carboxylic acids is 1. The van der Waals surface area contributed by atoms with Crippen LogP contribution in [-0.2, 0) is 31.4 Å². The van der Waals surface area contributed by atoms with Crippen molar-refractivity contribution >= 4 is 39.4 Å². The smallest absolute Gasteiger partial charge is 0.354 e. The number of benzene rings is 1. The molecule has 1 saturated carbocycles. The van der Waals surface area contributed by atoms with Gasteiger partial charge in [0, 0.05) is 31.3 Å². The number of anilines is 1. The van der Waals surface area contributed by atoms with E-state index in [2.05, 4.69) is 9.88 Å². The van der Waals surface area contributed by atoms with Crippen LogP contribution in [-0.4, -0.2) is 61.5 Å². The van der Waals surface area contributed by atoms with E-state index in [1.54, 1.807) is 19.1 Å². The first-order valence-electron chi connectivity index (χ1n) is 16.2. The number of esters is 1. The van der Waals surface area contributed by atoms with Gasteiger partial charge in [0.25, 0.3) is 0 Å². The third-order valence-corrected chi connectivity index (χ3v) is 12.8. The van der Waals surface area contributed by atoms with Gasteiger partial charge in [0.1, 0.15) is 11.9 Å². The van der Waals surface area contributed by atoms with Crippen molar-refractivity contribution in [2.75, 3.05) is 24.6 Å². The molecule has 3 N–H and O–H groups in total. The summed E-state index contributed by atoms with van der Waals surface area (Å²) in [4.78, 5) is 30.9. The molecule has 13 heteroatoms. The number of carbonyl (C=O) groups is 2. The summed E-state index contributed by atoms with van der Waals surface area (Å²) in [6.45, 7) is 6.07. The predicted octanol–water partition coefficient (Wildman–Crippen LogP) is 5.26. The largest absolute Gasteiger partial charge is 0.489 e. The van der Waals surface area contributed by atoms with Crippen molar-refractivity contribution in [3.05, 3.63) is 63.6 Å². The summed E-state index contributed by atoms with van der Waals surface area (Å²) in [6.07, 6.45) is 5.91. The molecule has 1 fully saturated rings. The van der Waals surface area contributed by atoms with E-state index in [4.69, 9.17) is 26.2 Å². The summed E-state index contributed by atoms with van der Waals surface area (Å²) >= 11 is 6.18. The molecular formula is C34H41ClFN3O7S. The molecule has 1 spiro atoms. The average molecular weight is 690 g/mol. The van der Waals surface area contributed by atoms with Crippen LogP contribution in [0.5, 0.6) is 5.75 Å². The molecule has 3 aliphatic carbocycles. The molecule has 7 atom stereocenters. The number of hydrogen-bond acceptors (Lipinski definition) is 8. The molecule has 1 aromatic carbocycles. The van der Waals surface area contributed by atoms with Crippen LogP contribution in [0.25, 0.3) is 0 Å². The van der Waals surface area contributed by atoms with Crippen LogP contribution >= 0.6 is 11.6 Å². The molecular weight excluding hydrogens is 649 g/mol. The Bertz CT molecular complexity index is 1740. The van der Waals surface area contributed by atoms with Crippen molar-refractivity contribution in [3.8, 4) is 5.75 Å². The lowest BCUT2D eigenvalue weighted by molar-refractivity contribution is -0.150. The van der Waals surface area contributed by atoms with Crippen molar-refractivity contribution in [1.29, 1.82) is 0 Å². The molecule has 2 heterocycles. The number of pyridine rings is 1. The Morgan fingerprint density at radius 3 is 2.64 bits per heavy atom. The van der Waals surface area contributed by atoms with Crippen molar-refractivity contribution in [2.24, 2.45) is 28.8 Å². The third kappa shape index (κ3) is 6.36. The van der Waals surface area contributed by atoms with Gasteiger partial charge < -0.3 is 19.5 Å². The molecule has 254 valence electrons. The summed E-state index contributed by atoms with van der Waals surface area (Å²) in [5.74, 6) is -1.19. The number of halogens is 2. The first-order valence-corrected chi connectivity index (χ1v) is 18.2. The van der Waals surface area contributed by atoms with Crippen molar-refractivity contribution in [3.63, 3.8) is 0 Å². The van der Waals surface area contributed by atoms with Gasteiger partial charge in [0.05, 0.1) is 16.9 Å². The van der Waals surface area contributed by atoms with Gasteiger partial charge in [0.15, 0.2) is 17.3 Å². The third-order valence-electron chi connectivity index (χ3n) is 11.0. The summed E-state index contributed by atoms with van der Waals surface area (Å²) in [5, 5.41) is 14.6. The Balaban J connectivity index is 1.31. The summed E-state index contributed by atoms with van der Waals surface area (Å²) < 4.78 is 51.5. The summed E-state index contributed by atoms with van der Waals surface area (Å²) in [6, 6.07) is 6.52. The zero-order valence-electron chi connectivity index (χ0n) is 26.7. The normalized spacial score (nSPS) is 27.1. The SMILES string of the molecule is CC(=O)OC(C1=C[C@H](C(C)C(C)S(N)(=O)=O)C1)[C@@H]1CC[C@H]1CN1C[C@@]2(CCCc3c2ccc(Cl)c3F)COc2ccc(C(=O)O)nc21. The Labute approximate surface area is 279 Å². The number of rotatable bonds is 9. The standard InChI is InChI=1S/C34H41ClFN3O7S/c1-18(19(2)47(37,43)44)22-13-23(14-22)31(46-20(3)40)24-7-6-21(24)15-39-16-34(12-4-5-25-26(34)8-9-27(35)30(25)36)17-45-29-11-10-28(33(41)42)38-32(29)39/h8-11,13,18-19,21-22,24,31H,4-7,12,14-17H2,1-3H3,(H,41,42)(H2,37,43,44)/t18?,19?,21-,22-,24+,31?,34-/m0/s1. The van der Waals surface area contributed by atoms with E-state index in [-0.39, 0.29) is 41.0 Å². The number of hydrogen-bond donors (Lipinski definition) is 2. The fourth-order valence-corrected chi connectivity index (χ4v) is 8.94. The van der Waals surface area contributed by atoms with Gasteiger partial charge in [-0.2, -0.15) is 0 Å². The molecule has 6 rings (SSSR count). The molecule has 4 aliphatic rings. The minimum absolute atomic E-state index is 0.00167. The number of aromatic nitrogens is 1. The monoisotopic (exact) mass is 689 g/mol. The number of primary sulfonamides is 1. The zero-order valence-corrected chi connectivity index (χ0v) is 28.3. The molecule has 1 aromatic heterocycles. The Kier molecular flexibility index (Phi) is 9.08. The van der Waals surface area contributed by atoms with Gasteiger partial charge in [-0.05, 0) is 98.1 Å². The number of carboxylic acid groups (broad SMARTS) is 1. The molecule has 47 heavy (non-hydrogen) atoms. The topological polar surface area (TPSA) is 149 Å². The highest BCUT2D eigenvalue weighted by Gasteiger charge is 2.48. The van der Waals surface area contributed by atoms with Crippen molar-refractivity contribution < 1.29 is 37.0 Å². The minimum atomic E-state index is -3.69. The number of sulfonamides is 1. The number of nitrogens with zero attached hydrogens (tertiary/aromatic N) is 2. The van der Waals surface area contributed by atoms with E-state index in [0.717, 1.165) is 36.8 Å². The Morgan fingerprint density at radius 1 is 1.26 bits per heavy atom. The molecule has 1 aliphatic heterocycles. The summed E-state index contributed by atoms with van der Waals surface area (Å²) in [7, 11) is -3.69. The fourth-order valence-electron chi connectivity index (χ4n) is 7.96. The molecule has 3 unspecified atom stereocenters. The fraction of sp³-hybridized carbons (Fsp3) is 0.559. The molecule has 0 amide bonds. The van der Waals surface area contributed by atoms with Crippen molar-refractivity contribution in [1.82, 2.24) is 4.98 Å². The molecule has 0 saturated heterocycles. The summed E-state index contributed by atoms with van der Waals surface area (Å²) in [5.41, 5.74) is 1.72. The maximum absolute atomic E-state index is 15.3. The van der Waals surface area contributed by atoms with Gasteiger partial charge in [-0.1, -0.05) is 30.7 Å². The van der Waals surface area contributed by atoms with E-state index >= 15 is 4.39 Å². The number of fused-ring (bicyclic) bond motifs is 3. The maximum Gasteiger partial charge on any atom is 0.354 e. The van der Waals surface area contributed by atoms with E-state index in [1.165, 1.54) is 13.0 Å². The highest BCUT2D eigenvalue weighted by Crippen LogP contribution is 2.49. The highest BCUT2D eigenvalue weighted by atomic mass is 35.5. The van der Waals surface area contributed by atoms with Crippen LogP contribution < -0.4 is 14.8 Å². The van der Waals surface area contributed by atoms with E-state index in [0.29, 0.717) is 43.1 Å². The number of aromatic carboxylic acids is 1. The van der Waals surface area contributed by atoms with Gasteiger partial charge in [-0.25, -0.2) is 27.7 Å². The number of carbonyl (C=O) groups excluding carboxylic acids is 1. The van der Waals surface area contributed by atoms with Gasteiger partial charge in [-0.3, -0.25) is 4.79 Å². The van der Waals surface area contributed by atoms with Crippen LogP contribution in [0.3, 0.4) is 0 Å². The van der Waals surface area contributed by atoms with Crippen LogP contribution in [0.4, 0.5) is 10.2 Å². The lowest BCUT2D eigenvalue weighted by Crippen LogP contribution is -2.51. The Morgan fingerprint density at radius 2 is 2.00 bits per heavy atom. The number of nitrogens with two attached hydrogens (primary N) is 1. The number of ether oxygens (including phenoxy) is 2. The van der Waals surface area contributed by atoms with Gasteiger partial charge in [0.2, 0.25) is 10.0 Å². The van der Waals surface area contributed by atoms with Crippen LogP contribution in [0.1, 0.15) is 74.5 Å². The second-order valence-corrected chi connectivity index (χ2v) is 16.1. The first-order chi connectivity index (χ1) is 22.2. The van der Waals surface area contributed by atoms with Crippen LogP contribution in [0.15, 0.2) is 35.9 Å². The molecule has 0 radical (unpaired) electrons. The lowest BCUT2D eigenvalue weighted by Gasteiger charge is -2.48.